The fourth-order valence-electron chi connectivity index (χ4n) is 1.87. The van der Waals surface area contributed by atoms with Gasteiger partial charge in [-0.1, -0.05) is 15.9 Å². The van der Waals surface area contributed by atoms with Crippen LogP contribution in [0.3, 0.4) is 0 Å². The molecule has 0 bridgehead atoms. The molecule has 0 aliphatic heterocycles. The summed E-state index contributed by atoms with van der Waals surface area (Å²) in [5.74, 6) is -0.357. The Bertz CT molecular complexity index is 832. The van der Waals surface area contributed by atoms with E-state index in [4.69, 9.17) is 5.11 Å². The Morgan fingerprint density at radius 2 is 2.05 bits per heavy atom. The molecule has 20 heavy (non-hydrogen) atoms. The topological polar surface area (TPSA) is 67.5 Å². The van der Waals surface area contributed by atoms with E-state index in [-0.39, 0.29) is 5.56 Å². The van der Waals surface area contributed by atoms with E-state index in [1.807, 2.05) is 18.2 Å². The van der Waals surface area contributed by atoms with Crippen molar-refractivity contribution in [1.29, 1.82) is 0 Å². The number of halogens is 2. The molecule has 5 nitrogen and oxygen atoms in total. The largest absolute Gasteiger partial charge is 0.478 e. The van der Waals surface area contributed by atoms with Gasteiger partial charge < -0.3 is 5.11 Å². The maximum atomic E-state index is 11.1. The highest BCUT2D eigenvalue weighted by Crippen LogP contribution is 2.27. The first-order valence-electron chi connectivity index (χ1n) is 5.60. The lowest BCUT2D eigenvalue weighted by molar-refractivity contribution is 0.0696. The Hall–Kier alpha value is -1.48. The van der Waals surface area contributed by atoms with E-state index in [0.717, 1.165) is 13.6 Å². The number of rotatable bonds is 2. The van der Waals surface area contributed by atoms with Crippen LogP contribution in [0.15, 0.2) is 41.0 Å². The summed E-state index contributed by atoms with van der Waals surface area (Å²) >= 11 is 5.64. The average molecular weight is 444 g/mol. The van der Waals surface area contributed by atoms with E-state index < -0.39 is 5.97 Å². The Morgan fingerprint density at radius 3 is 2.80 bits per heavy atom. The van der Waals surface area contributed by atoms with Crippen molar-refractivity contribution in [2.45, 2.75) is 0 Å². The van der Waals surface area contributed by atoms with Gasteiger partial charge in [0, 0.05) is 19.8 Å². The van der Waals surface area contributed by atoms with Crippen molar-refractivity contribution in [2.75, 3.05) is 0 Å². The smallest absolute Gasteiger partial charge is 0.337 e. The van der Waals surface area contributed by atoms with Crippen LogP contribution in [0, 0.1) is 3.57 Å². The highest BCUT2D eigenvalue weighted by molar-refractivity contribution is 14.1. The van der Waals surface area contributed by atoms with Gasteiger partial charge in [0.2, 0.25) is 0 Å². The third-order valence-electron chi connectivity index (χ3n) is 2.82. The second-order valence-corrected chi connectivity index (χ2v) is 6.18. The van der Waals surface area contributed by atoms with Crippen LogP contribution in [0.1, 0.15) is 10.4 Å². The summed E-state index contributed by atoms with van der Waals surface area (Å²) in [4.78, 5) is 11.1. The van der Waals surface area contributed by atoms with Crippen molar-refractivity contribution in [3.05, 3.63) is 50.1 Å². The second kappa shape index (κ2) is 5.13. The first-order chi connectivity index (χ1) is 9.56. The van der Waals surface area contributed by atoms with Gasteiger partial charge in [-0.3, -0.25) is 4.40 Å². The van der Waals surface area contributed by atoms with Crippen LogP contribution >= 0.6 is 38.5 Å². The highest BCUT2D eigenvalue weighted by atomic mass is 127. The molecule has 100 valence electrons. The third-order valence-corrected chi connectivity index (χ3v) is 4.25. The fraction of sp³-hybridized carbons (Fsp3) is 0. The van der Waals surface area contributed by atoms with Crippen molar-refractivity contribution in [2.24, 2.45) is 0 Å². The Balaban J connectivity index is 2.28. The number of benzene rings is 1. The van der Waals surface area contributed by atoms with E-state index >= 15 is 0 Å². The molecule has 0 amide bonds. The van der Waals surface area contributed by atoms with Crippen LogP contribution < -0.4 is 0 Å². The molecule has 0 saturated carbocycles. The minimum Gasteiger partial charge on any atom is -0.478 e. The van der Waals surface area contributed by atoms with Gasteiger partial charge >= 0.3 is 5.97 Å². The van der Waals surface area contributed by atoms with E-state index in [1.54, 1.807) is 10.5 Å². The van der Waals surface area contributed by atoms with Gasteiger partial charge in [-0.25, -0.2) is 4.79 Å². The SMILES string of the molecule is O=C(O)c1ccc2nnc(-c3cc(Br)ccc3I)n2c1. The lowest BCUT2D eigenvalue weighted by atomic mass is 10.2. The summed E-state index contributed by atoms with van der Waals surface area (Å²) < 4.78 is 3.63. The van der Waals surface area contributed by atoms with Crippen molar-refractivity contribution < 1.29 is 9.90 Å². The number of hydrogen-bond donors (Lipinski definition) is 1. The number of hydrogen-bond acceptors (Lipinski definition) is 3. The van der Waals surface area contributed by atoms with Gasteiger partial charge in [0.15, 0.2) is 11.5 Å². The van der Waals surface area contributed by atoms with Crippen molar-refractivity contribution >= 4 is 50.1 Å². The molecule has 1 N–H and O–H groups in total. The lowest BCUT2D eigenvalue weighted by Gasteiger charge is -2.04. The van der Waals surface area contributed by atoms with Crippen LogP contribution in [-0.4, -0.2) is 25.7 Å². The van der Waals surface area contributed by atoms with Gasteiger partial charge in [-0.2, -0.15) is 0 Å². The number of carboxylic acids is 1. The first kappa shape index (κ1) is 13.5. The minimum absolute atomic E-state index is 0.198. The Morgan fingerprint density at radius 1 is 1.25 bits per heavy atom. The fourth-order valence-corrected chi connectivity index (χ4v) is 2.81. The number of carboxylic acid groups (broad SMARTS) is 1. The molecule has 0 spiro atoms. The number of fused-ring (bicyclic) bond motifs is 1. The molecule has 7 heteroatoms. The summed E-state index contributed by atoms with van der Waals surface area (Å²) in [6.07, 6.45) is 1.53. The van der Waals surface area contributed by atoms with Gasteiger partial charge in [0.05, 0.1) is 5.56 Å². The zero-order valence-corrected chi connectivity index (χ0v) is 13.7. The molecular formula is C13H7BrIN3O2. The van der Waals surface area contributed by atoms with E-state index in [1.165, 1.54) is 12.3 Å². The Labute approximate surface area is 135 Å². The van der Waals surface area contributed by atoms with Gasteiger partial charge in [0.1, 0.15) is 0 Å². The molecule has 0 radical (unpaired) electrons. The van der Waals surface area contributed by atoms with Gasteiger partial charge in [-0.15, -0.1) is 10.2 Å². The number of aromatic nitrogens is 3. The van der Waals surface area contributed by atoms with Crippen LogP contribution in [-0.2, 0) is 0 Å². The Kier molecular flexibility index (Phi) is 3.47. The zero-order valence-electron chi connectivity index (χ0n) is 9.92. The summed E-state index contributed by atoms with van der Waals surface area (Å²) in [5.41, 5.74) is 1.71. The number of aromatic carboxylic acids is 1. The molecule has 2 aromatic heterocycles. The zero-order chi connectivity index (χ0) is 14.3. The molecule has 0 unspecified atom stereocenters. The standard InChI is InChI=1S/C13H7BrIN3O2/c14-8-2-3-10(15)9(5-8)12-17-16-11-4-1-7(13(19)20)6-18(11)12/h1-6H,(H,19,20). The summed E-state index contributed by atoms with van der Waals surface area (Å²) in [7, 11) is 0. The molecule has 0 atom stereocenters. The van der Waals surface area contributed by atoms with E-state index in [9.17, 15) is 4.79 Å². The maximum Gasteiger partial charge on any atom is 0.337 e. The predicted molar refractivity (Wildman–Crippen MR) is 85.8 cm³/mol. The van der Waals surface area contributed by atoms with Gasteiger partial charge in [0.25, 0.3) is 0 Å². The number of pyridine rings is 1. The van der Waals surface area contributed by atoms with Crippen LogP contribution in [0.5, 0.6) is 0 Å². The molecule has 1 aromatic carbocycles. The van der Waals surface area contributed by atoms with Crippen molar-refractivity contribution in [3.8, 4) is 11.4 Å². The average Bonchev–Trinajstić information content (AvgIpc) is 2.84. The van der Waals surface area contributed by atoms with E-state index in [2.05, 4.69) is 48.7 Å². The number of carbonyl (C=O) groups is 1. The molecule has 3 aromatic rings. The summed E-state index contributed by atoms with van der Waals surface area (Å²) in [6, 6.07) is 9.00. The minimum atomic E-state index is -0.976. The van der Waals surface area contributed by atoms with E-state index in [0.29, 0.717) is 11.5 Å². The monoisotopic (exact) mass is 443 g/mol. The quantitative estimate of drug-likeness (QED) is 0.616. The molecule has 0 fully saturated rings. The summed E-state index contributed by atoms with van der Waals surface area (Å²) in [5, 5.41) is 17.3. The molecule has 0 saturated heterocycles. The molecule has 0 aliphatic rings. The molecule has 0 aliphatic carbocycles. The molecule has 2 heterocycles. The van der Waals surface area contributed by atoms with Gasteiger partial charge in [-0.05, 0) is 52.9 Å². The first-order valence-corrected chi connectivity index (χ1v) is 7.47. The predicted octanol–water partition coefficient (Wildman–Crippen LogP) is 3.46. The summed E-state index contributed by atoms with van der Waals surface area (Å²) in [6.45, 7) is 0. The number of nitrogens with zero attached hydrogens (tertiary/aromatic N) is 3. The highest BCUT2D eigenvalue weighted by Gasteiger charge is 2.13. The maximum absolute atomic E-state index is 11.1. The van der Waals surface area contributed by atoms with Crippen LogP contribution in [0.25, 0.3) is 17.0 Å². The molecule has 3 rings (SSSR count). The third kappa shape index (κ3) is 2.31. The van der Waals surface area contributed by atoms with Crippen molar-refractivity contribution in [1.82, 2.24) is 14.6 Å². The molecular weight excluding hydrogens is 437 g/mol. The van der Waals surface area contributed by atoms with Crippen molar-refractivity contribution in [3.63, 3.8) is 0 Å². The normalized spacial score (nSPS) is 10.9. The van der Waals surface area contributed by atoms with Crippen LogP contribution in [0.2, 0.25) is 0 Å². The van der Waals surface area contributed by atoms with Crippen LogP contribution in [0.4, 0.5) is 0 Å². The second-order valence-electron chi connectivity index (χ2n) is 4.10. The lowest BCUT2D eigenvalue weighted by Crippen LogP contribution is -2.00.